The van der Waals surface area contributed by atoms with Crippen molar-refractivity contribution in [2.45, 2.75) is 32.9 Å². The van der Waals surface area contributed by atoms with E-state index in [0.717, 1.165) is 5.56 Å². The molecule has 1 heterocycles. The molecule has 16 heavy (non-hydrogen) atoms. The van der Waals surface area contributed by atoms with Gasteiger partial charge in [-0.25, -0.2) is 0 Å². The number of carbonyl (C=O) groups is 1. The van der Waals surface area contributed by atoms with Crippen LogP contribution >= 0.6 is 0 Å². The SMILES string of the molecule is CNC(=O)CNCc1cnn(C(C)(C)C)c1. The lowest BCUT2D eigenvalue weighted by atomic mass is 10.1. The fourth-order valence-electron chi connectivity index (χ4n) is 1.23. The number of nitrogens with zero attached hydrogens (tertiary/aromatic N) is 2. The van der Waals surface area contributed by atoms with Gasteiger partial charge in [-0.2, -0.15) is 5.10 Å². The maximum atomic E-state index is 11.0. The summed E-state index contributed by atoms with van der Waals surface area (Å²) in [5.74, 6) is -0.0109. The molecule has 90 valence electrons. The highest BCUT2D eigenvalue weighted by molar-refractivity contribution is 5.77. The first-order valence-corrected chi connectivity index (χ1v) is 5.39. The first-order valence-electron chi connectivity index (χ1n) is 5.39. The number of hydrogen-bond acceptors (Lipinski definition) is 3. The van der Waals surface area contributed by atoms with Crippen molar-refractivity contribution in [3.05, 3.63) is 18.0 Å². The molecule has 0 atom stereocenters. The highest BCUT2D eigenvalue weighted by atomic mass is 16.1. The minimum atomic E-state index is -0.0109. The quantitative estimate of drug-likeness (QED) is 0.782. The van der Waals surface area contributed by atoms with E-state index in [-0.39, 0.29) is 11.4 Å². The van der Waals surface area contributed by atoms with Crippen molar-refractivity contribution in [1.29, 1.82) is 0 Å². The lowest BCUT2D eigenvalue weighted by Gasteiger charge is -2.18. The van der Waals surface area contributed by atoms with E-state index in [1.54, 1.807) is 7.05 Å². The van der Waals surface area contributed by atoms with E-state index < -0.39 is 0 Å². The van der Waals surface area contributed by atoms with E-state index in [9.17, 15) is 4.79 Å². The molecule has 1 rings (SSSR count). The molecule has 0 aromatic carbocycles. The highest BCUT2D eigenvalue weighted by Gasteiger charge is 2.13. The van der Waals surface area contributed by atoms with E-state index in [1.165, 1.54) is 0 Å². The molecule has 0 aliphatic carbocycles. The van der Waals surface area contributed by atoms with Crippen LogP contribution in [0.3, 0.4) is 0 Å². The van der Waals surface area contributed by atoms with E-state index in [0.29, 0.717) is 13.1 Å². The average molecular weight is 224 g/mol. The van der Waals surface area contributed by atoms with Gasteiger partial charge in [-0.1, -0.05) is 0 Å². The molecule has 0 saturated carbocycles. The molecule has 0 bridgehead atoms. The second-order valence-electron chi connectivity index (χ2n) is 4.74. The van der Waals surface area contributed by atoms with E-state index >= 15 is 0 Å². The molecule has 0 radical (unpaired) electrons. The van der Waals surface area contributed by atoms with Gasteiger partial charge < -0.3 is 10.6 Å². The lowest BCUT2D eigenvalue weighted by Crippen LogP contribution is -2.30. The normalized spacial score (nSPS) is 11.5. The molecule has 1 aromatic heterocycles. The van der Waals surface area contributed by atoms with E-state index in [1.807, 2.05) is 17.1 Å². The summed E-state index contributed by atoms with van der Waals surface area (Å²) >= 11 is 0. The van der Waals surface area contributed by atoms with Gasteiger partial charge >= 0.3 is 0 Å². The second-order valence-corrected chi connectivity index (χ2v) is 4.74. The van der Waals surface area contributed by atoms with Gasteiger partial charge in [0, 0.05) is 25.4 Å². The standard InChI is InChI=1S/C11H20N4O/c1-11(2,3)15-8-9(6-14-15)5-13-7-10(16)12-4/h6,8,13H,5,7H2,1-4H3,(H,12,16). The highest BCUT2D eigenvalue weighted by Crippen LogP contribution is 2.12. The van der Waals surface area contributed by atoms with Crippen LogP contribution in [0.4, 0.5) is 0 Å². The zero-order chi connectivity index (χ0) is 12.2. The third-order valence-corrected chi connectivity index (χ3v) is 2.22. The van der Waals surface area contributed by atoms with E-state index in [4.69, 9.17) is 0 Å². The van der Waals surface area contributed by atoms with Gasteiger partial charge in [0.15, 0.2) is 0 Å². The van der Waals surface area contributed by atoms with Gasteiger partial charge in [0.1, 0.15) is 0 Å². The third-order valence-electron chi connectivity index (χ3n) is 2.22. The minimum absolute atomic E-state index is 0.000949. The van der Waals surface area contributed by atoms with Gasteiger partial charge in [0.05, 0.1) is 18.3 Å². The average Bonchev–Trinajstić information content (AvgIpc) is 2.65. The topological polar surface area (TPSA) is 59.0 Å². The number of rotatable bonds is 4. The Kier molecular flexibility index (Phi) is 4.06. The van der Waals surface area contributed by atoms with Crippen LogP contribution in [-0.2, 0) is 16.9 Å². The first kappa shape index (κ1) is 12.7. The number of nitrogens with one attached hydrogen (secondary N) is 2. The van der Waals surface area contributed by atoms with Crippen LogP contribution in [0.2, 0.25) is 0 Å². The molecule has 5 nitrogen and oxygen atoms in total. The zero-order valence-electron chi connectivity index (χ0n) is 10.4. The summed E-state index contributed by atoms with van der Waals surface area (Å²) in [5, 5.41) is 9.89. The molecule has 1 aromatic rings. The molecule has 0 aliphatic heterocycles. The van der Waals surface area contributed by atoms with Crippen LogP contribution in [0.1, 0.15) is 26.3 Å². The molecule has 0 fully saturated rings. The first-order chi connectivity index (χ1) is 7.43. The van der Waals surface area contributed by atoms with Gasteiger partial charge in [0.2, 0.25) is 5.91 Å². The third kappa shape index (κ3) is 3.66. The van der Waals surface area contributed by atoms with Crippen LogP contribution < -0.4 is 10.6 Å². The van der Waals surface area contributed by atoms with Crippen molar-refractivity contribution >= 4 is 5.91 Å². The number of carbonyl (C=O) groups excluding carboxylic acids is 1. The summed E-state index contributed by atoms with van der Waals surface area (Å²) in [6.45, 7) is 7.28. The Balaban J connectivity index is 2.44. The number of likely N-dealkylation sites (N-methyl/N-ethyl adjacent to an activating group) is 1. The Morgan fingerprint density at radius 2 is 2.19 bits per heavy atom. The summed E-state index contributed by atoms with van der Waals surface area (Å²) in [6.07, 6.45) is 3.82. The van der Waals surface area contributed by atoms with Crippen molar-refractivity contribution in [2.24, 2.45) is 0 Å². The van der Waals surface area contributed by atoms with Crippen LogP contribution in [-0.4, -0.2) is 29.3 Å². The Hall–Kier alpha value is -1.36. The fourth-order valence-corrected chi connectivity index (χ4v) is 1.23. The van der Waals surface area contributed by atoms with Gasteiger partial charge in [-0.05, 0) is 20.8 Å². The minimum Gasteiger partial charge on any atom is -0.358 e. The Morgan fingerprint density at radius 3 is 2.69 bits per heavy atom. The molecule has 0 aliphatic rings. The van der Waals surface area contributed by atoms with Crippen LogP contribution in [0, 0.1) is 0 Å². The molecule has 0 saturated heterocycles. The molecule has 0 spiro atoms. The van der Waals surface area contributed by atoms with E-state index in [2.05, 4.69) is 36.5 Å². The van der Waals surface area contributed by atoms with Crippen molar-refractivity contribution in [3.8, 4) is 0 Å². The molecule has 1 amide bonds. The maximum Gasteiger partial charge on any atom is 0.233 e. The van der Waals surface area contributed by atoms with Gasteiger partial charge in [-0.3, -0.25) is 9.48 Å². The number of amides is 1. The smallest absolute Gasteiger partial charge is 0.233 e. The molecular formula is C11H20N4O. The number of aromatic nitrogens is 2. The largest absolute Gasteiger partial charge is 0.358 e. The summed E-state index contributed by atoms with van der Waals surface area (Å²) in [7, 11) is 1.63. The fraction of sp³-hybridized carbons (Fsp3) is 0.636. The zero-order valence-corrected chi connectivity index (χ0v) is 10.4. The summed E-state index contributed by atoms with van der Waals surface area (Å²) < 4.78 is 1.92. The maximum absolute atomic E-state index is 11.0. The number of hydrogen-bond donors (Lipinski definition) is 2. The van der Waals surface area contributed by atoms with Crippen LogP contribution in [0.25, 0.3) is 0 Å². The predicted octanol–water partition coefficient (Wildman–Crippen LogP) is 0.474. The molecule has 0 unspecified atom stereocenters. The van der Waals surface area contributed by atoms with Crippen molar-refractivity contribution < 1.29 is 4.79 Å². The Labute approximate surface area is 96.2 Å². The Morgan fingerprint density at radius 1 is 1.50 bits per heavy atom. The lowest BCUT2D eigenvalue weighted by molar-refractivity contribution is -0.119. The molecule has 2 N–H and O–H groups in total. The predicted molar refractivity (Wildman–Crippen MR) is 63.0 cm³/mol. The monoisotopic (exact) mass is 224 g/mol. The summed E-state index contributed by atoms with van der Waals surface area (Å²) in [4.78, 5) is 11.0. The van der Waals surface area contributed by atoms with Crippen molar-refractivity contribution in [1.82, 2.24) is 20.4 Å². The van der Waals surface area contributed by atoms with Gasteiger partial charge in [-0.15, -0.1) is 0 Å². The van der Waals surface area contributed by atoms with Crippen LogP contribution in [0.5, 0.6) is 0 Å². The Bertz CT molecular complexity index is 351. The molecule has 5 heteroatoms. The van der Waals surface area contributed by atoms with Crippen molar-refractivity contribution in [3.63, 3.8) is 0 Å². The van der Waals surface area contributed by atoms with Crippen molar-refractivity contribution in [2.75, 3.05) is 13.6 Å². The van der Waals surface area contributed by atoms with Gasteiger partial charge in [0.25, 0.3) is 0 Å². The second kappa shape index (κ2) is 5.12. The summed E-state index contributed by atoms with van der Waals surface area (Å²) in [5.41, 5.74) is 1.08. The molecular weight excluding hydrogens is 204 g/mol. The van der Waals surface area contributed by atoms with Crippen LogP contribution in [0.15, 0.2) is 12.4 Å². The summed E-state index contributed by atoms with van der Waals surface area (Å²) in [6, 6.07) is 0.